The van der Waals surface area contributed by atoms with Crippen molar-refractivity contribution in [1.82, 2.24) is 0 Å². The molecule has 22 heavy (non-hydrogen) atoms. The largest absolute Gasteiger partial charge is 0.508 e. The maximum atomic E-state index is 10.4. The number of phenols is 1. The van der Waals surface area contributed by atoms with Crippen LogP contribution in [-0.2, 0) is 6.42 Å². The van der Waals surface area contributed by atoms with E-state index in [1.54, 1.807) is 14.2 Å². The number of ether oxygens (including phenoxy) is 2. The van der Waals surface area contributed by atoms with E-state index in [0.717, 1.165) is 28.3 Å². The second-order valence-corrected chi connectivity index (χ2v) is 5.51. The lowest BCUT2D eigenvalue weighted by Crippen LogP contribution is -1.92. The zero-order valence-electron chi connectivity index (χ0n) is 12.5. The predicted molar refractivity (Wildman–Crippen MR) is 87.0 cm³/mol. The minimum absolute atomic E-state index is 0.339. The van der Waals surface area contributed by atoms with Gasteiger partial charge in [0.15, 0.2) is 11.5 Å². The minimum Gasteiger partial charge on any atom is -0.508 e. The number of hydrogen-bond acceptors (Lipinski definition) is 3. The first kappa shape index (κ1) is 13.0. The second-order valence-electron chi connectivity index (χ2n) is 5.51. The van der Waals surface area contributed by atoms with Crippen molar-refractivity contribution >= 4 is 10.8 Å². The van der Waals surface area contributed by atoms with Crippen LogP contribution in [0.3, 0.4) is 0 Å². The lowest BCUT2D eigenvalue weighted by molar-refractivity contribution is 0.356. The molecule has 0 saturated heterocycles. The number of benzene rings is 3. The Kier molecular flexibility index (Phi) is 2.76. The van der Waals surface area contributed by atoms with Gasteiger partial charge in [0, 0.05) is 12.0 Å². The Balaban J connectivity index is 2.12. The smallest absolute Gasteiger partial charge is 0.161 e. The number of methoxy groups -OCH3 is 2. The zero-order valence-corrected chi connectivity index (χ0v) is 12.5. The van der Waals surface area contributed by atoms with Gasteiger partial charge in [-0.3, -0.25) is 0 Å². The first-order valence-corrected chi connectivity index (χ1v) is 7.21. The maximum Gasteiger partial charge on any atom is 0.161 e. The average molecular weight is 292 g/mol. The summed E-state index contributed by atoms with van der Waals surface area (Å²) < 4.78 is 10.8. The molecule has 3 nitrogen and oxygen atoms in total. The molecule has 4 rings (SSSR count). The van der Waals surface area contributed by atoms with Crippen molar-refractivity contribution in [3.8, 4) is 28.4 Å². The second kappa shape index (κ2) is 4.67. The molecule has 0 radical (unpaired) electrons. The van der Waals surface area contributed by atoms with Crippen LogP contribution < -0.4 is 9.47 Å². The van der Waals surface area contributed by atoms with E-state index in [9.17, 15) is 5.11 Å². The molecule has 3 heteroatoms. The summed E-state index contributed by atoms with van der Waals surface area (Å²) >= 11 is 0. The minimum atomic E-state index is 0.339. The molecule has 0 atom stereocenters. The fraction of sp³-hybridized carbons (Fsp3) is 0.158. The van der Waals surface area contributed by atoms with Crippen LogP contribution in [0.15, 0.2) is 42.5 Å². The molecular weight excluding hydrogens is 276 g/mol. The molecule has 0 unspecified atom stereocenters. The van der Waals surface area contributed by atoms with Gasteiger partial charge in [0.05, 0.1) is 14.2 Å². The number of aromatic hydroxyl groups is 1. The van der Waals surface area contributed by atoms with Gasteiger partial charge >= 0.3 is 0 Å². The SMILES string of the molecule is COc1cc2cc(O)c3c(c2cc1OC)-c1ccccc1C3. The monoisotopic (exact) mass is 292 g/mol. The molecule has 0 aromatic heterocycles. The Hall–Kier alpha value is -2.68. The van der Waals surface area contributed by atoms with Crippen LogP contribution in [0.25, 0.3) is 21.9 Å². The Morgan fingerprint density at radius 2 is 1.68 bits per heavy atom. The highest BCUT2D eigenvalue weighted by Gasteiger charge is 2.24. The lowest BCUT2D eigenvalue weighted by atomic mass is 9.96. The molecule has 110 valence electrons. The molecule has 0 spiro atoms. The van der Waals surface area contributed by atoms with E-state index in [0.29, 0.717) is 17.2 Å². The third-order valence-electron chi connectivity index (χ3n) is 4.38. The highest BCUT2D eigenvalue weighted by atomic mass is 16.5. The van der Waals surface area contributed by atoms with Crippen molar-refractivity contribution in [2.75, 3.05) is 14.2 Å². The Morgan fingerprint density at radius 3 is 2.45 bits per heavy atom. The molecule has 3 aromatic carbocycles. The van der Waals surface area contributed by atoms with Crippen molar-refractivity contribution in [3.63, 3.8) is 0 Å². The normalized spacial score (nSPS) is 12.1. The summed E-state index contributed by atoms with van der Waals surface area (Å²) in [5.74, 6) is 1.71. The molecule has 0 bridgehead atoms. The van der Waals surface area contributed by atoms with E-state index in [4.69, 9.17) is 9.47 Å². The van der Waals surface area contributed by atoms with Gasteiger partial charge < -0.3 is 14.6 Å². The molecule has 3 aromatic rings. The Morgan fingerprint density at radius 1 is 0.955 bits per heavy atom. The highest BCUT2D eigenvalue weighted by Crippen LogP contribution is 2.47. The summed E-state index contributed by atoms with van der Waals surface area (Å²) in [6, 6.07) is 14.0. The van der Waals surface area contributed by atoms with E-state index in [2.05, 4.69) is 12.1 Å². The van der Waals surface area contributed by atoms with Crippen molar-refractivity contribution in [2.24, 2.45) is 0 Å². The molecular formula is C19H16O3. The molecule has 1 aliphatic rings. The van der Waals surface area contributed by atoms with E-state index in [1.807, 2.05) is 30.3 Å². The summed E-state index contributed by atoms with van der Waals surface area (Å²) in [5.41, 5.74) is 4.52. The molecule has 0 aliphatic heterocycles. The summed E-state index contributed by atoms with van der Waals surface area (Å²) in [6.07, 6.45) is 0.766. The molecule has 0 saturated carbocycles. The molecule has 1 N–H and O–H groups in total. The first-order valence-electron chi connectivity index (χ1n) is 7.21. The van der Waals surface area contributed by atoms with Crippen LogP contribution in [0, 0.1) is 0 Å². The van der Waals surface area contributed by atoms with Crippen LogP contribution >= 0.6 is 0 Å². The Bertz CT molecular complexity index is 897. The van der Waals surface area contributed by atoms with Gasteiger partial charge in [0.25, 0.3) is 0 Å². The number of rotatable bonds is 2. The third-order valence-corrected chi connectivity index (χ3v) is 4.38. The third kappa shape index (κ3) is 1.69. The summed E-state index contributed by atoms with van der Waals surface area (Å²) in [5, 5.41) is 12.4. The van der Waals surface area contributed by atoms with Gasteiger partial charge in [-0.05, 0) is 45.7 Å². The quantitative estimate of drug-likeness (QED) is 0.603. The van der Waals surface area contributed by atoms with Crippen molar-refractivity contribution in [1.29, 1.82) is 0 Å². The number of phenolic OH excluding ortho intramolecular Hbond substituents is 1. The predicted octanol–water partition coefficient (Wildman–Crippen LogP) is 4.13. The van der Waals surface area contributed by atoms with Crippen molar-refractivity contribution in [3.05, 3.63) is 53.6 Å². The van der Waals surface area contributed by atoms with E-state index in [1.165, 1.54) is 11.1 Å². The van der Waals surface area contributed by atoms with Gasteiger partial charge in [-0.15, -0.1) is 0 Å². The van der Waals surface area contributed by atoms with Gasteiger partial charge in [-0.1, -0.05) is 24.3 Å². The molecule has 1 aliphatic carbocycles. The summed E-state index contributed by atoms with van der Waals surface area (Å²) in [7, 11) is 3.25. The van der Waals surface area contributed by atoms with Crippen molar-refractivity contribution in [2.45, 2.75) is 6.42 Å². The fourth-order valence-corrected chi connectivity index (χ4v) is 3.35. The highest BCUT2D eigenvalue weighted by molar-refractivity contribution is 6.04. The van der Waals surface area contributed by atoms with Crippen LogP contribution in [0.5, 0.6) is 17.2 Å². The zero-order chi connectivity index (χ0) is 15.3. The van der Waals surface area contributed by atoms with Crippen LogP contribution in [-0.4, -0.2) is 19.3 Å². The van der Waals surface area contributed by atoms with E-state index < -0.39 is 0 Å². The summed E-state index contributed by atoms with van der Waals surface area (Å²) in [4.78, 5) is 0. The van der Waals surface area contributed by atoms with Gasteiger partial charge in [-0.2, -0.15) is 0 Å². The Labute approximate surface area is 128 Å². The maximum absolute atomic E-state index is 10.4. The van der Waals surface area contributed by atoms with E-state index >= 15 is 0 Å². The average Bonchev–Trinajstić information content (AvgIpc) is 2.94. The van der Waals surface area contributed by atoms with Gasteiger partial charge in [0.1, 0.15) is 5.75 Å². The van der Waals surface area contributed by atoms with Crippen LogP contribution in [0.2, 0.25) is 0 Å². The molecule has 0 fully saturated rings. The number of hydrogen-bond donors (Lipinski definition) is 1. The van der Waals surface area contributed by atoms with Gasteiger partial charge in [0.2, 0.25) is 0 Å². The standard InChI is InChI=1S/C19H16O3/c1-21-17-9-12-8-16(20)15-7-11-5-3-4-6-13(11)19(15)14(12)10-18(17)22-2/h3-6,8-10,20H,7H2,1-2H3. The van der Waals surface area contributed by atoms with Crippen LogP contribution in [0.4, 0.5) is 0 Å². The number of fused-ring (bicyclic) bond motifs is 5. The summed E-state index contributed by atoms with van der Waals surface area (Å²) in [6.45, 7) is 0. The fourth-order valence-electron chi connectivity index (χ4n) is 3.35. The van der Waals surface area contributed by atoms with Gasteiger partial charge in [-0.25, -0.2) is 0 Å². The lowest BCUT2D eigenvalue weighted by Gasteiger charge is -2.13. The first-order chi connectivity index (χ1) is 10.7. The molecule has 0 amide bonds. The topological polar surface area (TPSA) is 38.7 Å². The molecule has 0 heterocycles. The van der Waals surface area contributed by atoms with Crippen LogP contribution in [0.1, 0.15) is 11.1 Å². The van der Waals surface area contributed by atoms with E-state index in [-0.39, 0.29) is 0 Å². The van der Waals surface area contributed by atoms with Crippen molar-refractivity contribution < 1.29 is 14.6 Å².